The Labute approximate surface area is 281 Å². The van der Waals surface area contributed by atoms with Crippen molar-refractivity contribution in [2.24, 2.45) is 0 Å². The number of methoxy groups -OCH3 is 3. The van der Waals surface area contributed by atoms with Crippen molar-refractivity contribution in [1.29, 1.82) is 0 Å². The van der Waals surface area contributed by atoms with E-state index in [4.69, 9.17) is 32.2 Å². The zero-order chi connectivity index (χ0) is 35.8. The Balaban J connectivity index is 6.71. The lowest BCUT2D eigenvalue weighted by Crippen LogP contribution is -2.53. The fourth-order valence-electron chi connectivity index (χ4n) is 4.01. The van der Waals surface area contributed by atoms with E-state index in [1.165, 1.54) is 0 Å². The molecule has 0 heterocycles. The zero-order valence-electron chi connectivity index (χ0n) is 32.7. The van der Waals surface area contributed by atoms with Crippen LogP contribution >= 0.6 is 0 Å². The minimum Gasteiger partial charge on any atom is -0.414 e. The number of ketones is 1. The molecule has 0 bridgehead atoms. The Hall–Kier alpha value is -0.219. The molecule has 11 heteroatoms. The summed E-state index contributed by atoms with van der Waals surface area (Å²) in [6.45, 7) is 39.3. The van der Waals surface area contributed by atoms with Crippen LogP contribution in [-0.4, -0.2) is 96.0 Å². The highest BCUT2D eigenvalue weighted by molar-refractivity contribution is 6.75. The molecule has 0 saturated carbocycles. The van der Waals surface area contributed by atoms with E-state index in [-0.39, 0.29) is 46.0 Å². The second-order valence-corrected chi connectivity index (χ2v) is 31.5. The van der Waals surface area contributed by atoms with Crippen molar-refractivity contribution in [3.63, 3.8) is 0 Å². The minimum absolute atomic E-state index is 0.0294. The molecule has 268 valence electrons. The second kappa shape index (κ2) is 17.4. The topological polar surface area (TPSA) is 81.7 Å². The summed E-state index contributed by atoms with van der Waals surface area (Å²) in [6.07, 6.45) is -1.40. The Morgan fingerprint density at radius 2 is 1.09 bits per heavy atom. The van der Waals surface area contributed by atoms with Crippen LogP contribution in [0.5, 0.6) is 0 Å². The van der Waals surface area contributed by atoms with E-state index in [1.54, 1.807) is 28.3 Å². The van der Waals surface area contributed by atoms with Crippen LogP contribution in [0.4, 0.5) is 0 Å². The third-order valence-electron chi connectivity index (χ3n) is 10.3. The van der Waals surface area contributed by atoms with Gasteiger partial charge in [-0.1, -0.05) is 68.9 Å². The van der Waals surface area contributed by atoms with Gasteiger partial charge in [0.2, 0.25) is 0 Å². The molecule has 0 aliphatic rings. The molecule has 0 amide bonds. The van der Waals surface area contributed by atoms with Gasteiger partial charge < -0.3 is 32.2 Å². The fourth-order valence-corrected chi connectivity index (χ4v) is 7.65. The van der Waals surface area contributed by atoms with E-state index in [0.717, 1.165) is 0 Å². The van der Waals surface area contributed by atoms with Gasteiger partial charge in [0.25, 0.3) is 0 Å². The first-order valence-corrected chi connectivity index (χ1v) is 25.2. The standard InChI is InChI=1S/C34H72O8Si3/c1-25(2)30(35)31(42-45(19,20)34(9,10)11)28(38-14)22-26(41-44(17,18)33(6,7)8)21-27(37-13)29(39-24-36-12)23-40-43(15,16)32(3,4)5/h26-29,31H,1,21-24H2,2-20H3/t26-,27+,28+,29+,31+/m0/s1. The maximum absolute atomic E-state index is 13.7. The predicted octanol–water partition coefficient (Wildman–Crippen LogP) is 8.73. The van der Waals surface area contributed by atoms with Crippen LogP contribution in [0.25, 0.3) is 0 Å². The number of rotatable bonds is 20. The van der Waals surface area contributed by atoms with E-state index in [9.17, 15) is 4.79 Å². The summed E-state index contributed by atoms with van der Waals surface area (Å²) >= 11 is 0. The lowest BCUT2D eigenvalue weighted by Gasteiger charge is -2.43. The summed E-state index contributed by atoms with van der Waals surface area (Å²) in [7, 11) is -1.70. The minimum atomic E-state index is -2.34. The van der Waals surface area contributed by atoms with E-state index in [2.05, 4.69) is 108 Å². The Bertz CT molecular complexity index is 916. The van der Waals surface area contributed by atoms with E-state index in [1.807, 2.05) is 0 Å². The van der Waals surface area contributed by atoms with Crippen LogP contribution in [0, 0.1) is 0 Å². The molecule has 5 atom stereocenters. The molecule has 0 saturated heterocycles. The van der Waals surface area contributed by atoms with Crippen molar-refractivity contribution in [3.8, 4) is 0 Å². The van der Waals surface area contributed by atoms with Crippen molar-refractivity contribution < 1.29 is 37.0 Å². The van der Waals surface area contributed by atoms with Crippen molar-refractivity contribution >= 4 is 30.7 Å². The van der Waals surface area contributed by atoms with Crippen LogP contribution in [0.2, 0.25) is 54.4 Å². The third kappa shape index (κ3) is 13.7. The third-order valence-corrected chi connectivity index (χ3v) is 23.8. The van der Waals surface area contributed by atoms with Gasteiger partial charge in [0.05, 0.1) is 24.9 Å². The maximum atomic E-state index is 13.7. The quantitative estimate of drug-likeness (QED) is 0.0712. The molecule has 0 radical (unpaired) electrons. The summed E-state index contributed by atoms with van der Waals surface area (Å²) in [4.78, 5) is 13.7. The fraction of sp³-hybridized carbons (Fsp3) is 0.912. The summed E-state index contributed by atoms with van der Waals surface area (Å²) in [5.41, 5.74) is 0.452. The SMILES string of the molecule is C=C(C)C(=O)[C@H](O[Si](C)(C)C(C)(C)C)[C@@H](C[C@H](C[C@@H](OC)[C@@H](CO[Si](C)(C)C(C)(C)C)OCOC)O[Si](C)(C)C(C)(C)C)OC. The molecule has 0 rings (SSSR count). The van der Waals surface area contributed by atoms with Crippen molar-refractivity contribution in [3.05, 3.63) is 12.2 Å². The Kier molecular flexibility index (Phi) is 17.4. The van der Waals surface area contributed by atoms with Crippen LogP contribution in [0.1, 0.15) is 82.1 Å². The summed E-state index contributed by atoms with van der Waals surface area (Å²) in [6, 6.07) is 0. The normalized spacial score (nSPS) is 17.5. The lowest BCUT2D eigenvalue weighted by molar-refractivity contribution is -0.142. The molecule has 45 heavy (non-hydrogen) atoms. The van der Waals surface area contributed by atoms with Crippen molar-refractivity contribution in [2.45, 2.75) is 167 Å². The molecule has 8 nitrogen and oxygen atoms in total. The first-order chi connectivity index (χ1) is 20.1. The summed E-state index contributed by atoms with van der Waals surface area (Å²) < 4.78 is 44.2. The molecule has 0 aliphatic heterocycles. The first-order valence-electron chi connectivity index (χ1n) is 16.4. The highest BCUT2D eigenvalue weighted by atomic mass is 28.4. The monoisotopic (exact) mass is 692 g/mol. The molecule has 0 aliphatic carbocycles. The largest absolute Gasteiger partial charge is 0.414 e. The molecule has 0 aromatic carbocycles. The Morgan fingerprint density at radius 3 is 1.47 bits per heavy atom. The van der Waals surface area contributed by atoms with Crippen LogP contribution in [0.15, 0.2) is 12.2 Å². The van der Waals surface area contributed by atoms with Crippen LogP contribution < -0.4 is 0 Å². The Morgan fingerprint density at radius 1 is 0.667 bits per heavy atom. The number of Topliss-reactive ketones (excluding diaryl/α,β-unsaturated/α-hetero) is 1. The number of carbonyl (C=O) groups is 1. The average Bonchev–Trinajstić information content (AvgIpc) is 2.86. The number of carbonyl (C=O) groups excluding carboxylic acids is 1. The predicted molar refractivity (Wildman–Crippen MR) is 195 cm³/mol. The molecular formula is C34H72O8Si3. The smallest absolute Gasteiger partial charge is 0.193 e. The summed E-state index contributed by atoms with van der Waals surface area (Å²) in [5.74, 6) is -0.134. The van der Waals surface area contributed by atoms with Gasteiger partial charge in [-0.2, -0.15) is 0 Å². The molecule has 0 unspecified atom stereocenters. The molecule has 0 aromatic heterocycles. The van der Waals surface area contributed by atoms with Crippen molar-refractivity contribution in [2.75, 3.05) is 34.7 Å². The van der Waals surface area contributed by atoms with E-state index < -0.39 is 37.2 Å². The molecule has 0 N–H and O–H groups in total. The van der Waals surface area contributed by atoms with Crippen LogP contribution in [0.3, 0.4) is 0 Å². The number of hydrogen-bond donors (Lipinski definition) is 0. The van der Waals surface area contributed by atoms with Gasteiger partial charge in [-0.15, -0.1) is 0 Å². The average molecular weight is 693 g/mol. The maximum Gasteiger partial charge on any atom is 0.193 e. The second-order valence-electron chi connectivity index (χ2n) is 17.1. The number of hydrogen-bond acceptors (Lipinski definition) is 8. The van der Waals surface area contributed by atoms with Gasteiger partial charge in [-0.3, -0.25) is 4.79 Å². The zero-order valence-corrected chi connectivity index (χ0v) is 35.7. The van der Waals surface area contributed by atoms with Gasteiger partial charge in [-0.05, 0) is 66.9 Å². The molecular weight excluding hydrogens is 621 g/mol. The molecule has 0 aromatic rings. The van der Waals surface area contributed by atoms with Crippen molar-refractivity contribution in [1.82, 2.24) is 0 Å². The van der Waals surface area contributed by atoms with E-state index >= 15 is 0 Å². The van der Waals surface area contributed by atoms with Gasteiger partial charge in [-0.25, -0.2) is 0 Å². The highest BCUT2D eigenvalue weighted by Gasteiger charge is 2.46. The van der Waals surface area contributed by atoms with Gasteiger partial charge in [0, 0.05) is 34.2 Å². The lowest BCUT2D eigenvalue weighted by atomic mass is 9.96. The van der Waals surface area contributed by atoms with Gasteiger partial charge in [0.15, 0.2) is 30.7 Å². The van der Waals surface area contributed by atoms with Crippen LogP contribution in [-0.2, 0) is 37.0 Å². The molecule has 0 fully saturated rings. The van der Waals surface area contributed by atoms with Gasteiger partial charge >= 0.3 is 0 Å². The highest BCUT2D eigenvalue weighted by Crippen LogP contribution is 2.41. The molecule has 0 spiro atoms. The van der Waals surface area contributed by atoms with E-state index in [0.29, 0.717) is 25.0 Å². The summed E-state index contributed by atoms with van der Waals surface area (Å²) in [5, 5.41) is -0.0680. The first kappa shape index (κ1) is 44.8. The number of ether oxygens (including phenoxy) is 4. The van der Waals surface area contributed by atoms with Gasteiger partial charge in [0.1, 0.15) is 19.0 Å².